The Hall–Kier alpha value is -2.21. The molecule has 0 radical (unpaired) electrons. The molecule has 0 bridgehead atoms. The molecule has 2 aromatic rings. The van der Waals surface area contributed by atoms with Gasteiger partial charge >= 0.3 is 0 Å². The van der Waals surface area contributed by atoms with E-state index in [0.29, 0.717) is 18.0 Å². The van der Waals surface area contributed by atoms with Gasteiger partial charge in [-0.2, -0.15) is 0 Å². The summed E-state index contributed by atoms with van der Waals surface area (Å²) in [5.41, 5.74) is 2.38. The van der Waals surface area contributed by atoms with E-state index < -0.39 is 10.0 Å². The summed E-state index contributed by atoms with van der Waals surface area (Å²) in [6.45, 7) is 5.42. The second-order valence-electron chi connectivity index (χ2n) is 6.25. The molecule has 1 N–H and O–H groups in total. The number of fused-ring (bicyclic) bond motifs is 1. The van der Waals surface area contributed by atoms with Gasteiger partial charge in [-0.15, -0.1) is 0 Å². The van der Waals surface area contributed by atoms with Crippen molar-refractivity contribution in [3.63, 3.8) is 0 Å². The molecule has 0 unspecified atom stereocenters. The number of hydrogen-bond acceptors (Lipinski definition) is 4. The van der Waals surface area contributed by atoms with E-state index in [2.05, 4.69) is 4.72 Å². The molecule has 128 valence electrons. The van der Waals surface area contributed by atoms with Gasteiger partial charge in [0, 0.05) is 7.05 Å². The molecule has 0 aliphatic carbocycles. The number of sulfonamides is 1. The lowest BCUT2D eigenvalue weighted by Gasteiger charge is -2.28. The van der Waals surface area contributed by atoms with Crippen molar-refractivity contribution in [2.45, 2.75) is 24.7 Å². The van der Waals surface area contributed by atoms with Crippen molar-refractivity contribution in [2.24, 2.45) is 0 Å². The van der Waals surface area contributed by atoms with Crippen molar-refractivity contribution in [2.75, 3.05) is 29.8 Å². The molecule has 0 spiro atoms. The van der Waals surface area contributed by atoms with Crippen molar-refractivity contribution in [3.05, 3.63) is 48.0 Å². The van der Waals surface area contributed by atoms with Crippen molar-refractivity contribution in [3.8, 4) is 5.75 Å². The van der Waals surface area contributed by atoms with Crippen molar-refractivity contribution < 1.29 is 13.2 Å². The van der Waals surface area contributed by atoms with Gasteiger partial charge in [-0.05, 0) is 35.7 Å². The van der Waals surface area contributed by atoms with E-state index in [1.807, 2.05) is 44.0 Å². The fourth-order valence-electron chi connectivity index (χ4n) is 2.79. The van der Waals surface area contributed by atoms with Gasteiger partial charge in [-0.1, -0.05) is 32.0 Å². The fraction of sp³-hybridized carbons (Fsp3) is 0.333. The van der Waals surface area contributed by atoms with Crippen molar-refractivity contribution in [1.82, 2.24) is 0 Å². The molecular weight excluding hydrogens is 324 g/mol. The highest BCUT2D eigenvalue weighted by molar-refractivity contribution is 7.92. The molecule has 1 aliphatic rings. The molecule has 3 rings (SSSR count). The van der Waals surface area contributed by atoms with Gasteiger partial charge in [0.25, 0.3) is 10.0 Å². The first-order valence-electron chi connectivity index (χ1n) is 7.98. The fourth-order valence-corrected chi connectivity index (χ4v) is 3.90. The smallest absolute Gasteiger partial charge is 0.261 e. The number of anilines is 2. The minimum Gasteiger partial charge on any atom is -0.490 e. The van der Waals surface area contributed by atoms with Crippen LogP contribution in [-0.4, -0.2) is 28.6 Å². The minimum absolute atomic E-state index is 0.229. The van der Waals surface area contributed by atoms with Crippen LogP contribution in [0.3, 0.4) is 0 Å². The van der Waals surface area contributed by atoms with Gasteiger partial charge < -0.3 is 9.64 Å². The summed E-state index contributed by atoms with van der Waals surface area (Å²) in [5.74, 6) is 0.942. The third kappa shape index (κ3) is 3.19. The molecule has 0 aromatic heterocycles. The monoisotopic (exact) mass is 346 g/mol. The molecular formula is C18H22N2O3S. The molecule has 1 aliphatic heterocycles. The predicted octanol–water partition coefficient (Wildman–Crippen LogP) is 3.44. The highest BCUT2D eigenvalue weighted by atomic mass is 32.2. The lowest BCUT2D eigenvalue weighted by molar-refractivity contribution is 0.311. The van der Waals surface area contributed by atoms with E-state index in [1.165, 1.54) is 0 Å². The topological polar surface area (TPSA) is 58.6 Å². The SMILES string of the molecule is CC(C)c1ccccc1NS(=O)(=O)c1ccc2c(c1)N(C)CCO2. The third-order valence-electron chi connectivity index (χ3n) is 4.16. The highest BCUT2D eigenvalue weighted by Crippen LogP contribution is 2.34. The van der Waals surface area contributed by atoms with Crippen molar-refractivity contribution >= 4 is 21.4 Å². The third-order valence-corrected chi connectivity index (χ3v) is 5.53. The maximum atomic E-state index is 12.8. The number of nitrogens with one attached hydrogen (secondary N) is 1. The highest BCUT2D eigenvalue weighted by Gasteiger charge is 2.21. The molecule has 0 atom stereocenters. The molecule has 0 saturated heterocycles. The molecule has 0 saturated carbocycles. The number of ether oxygens (including phenoxy) is 1. The summed E-state index contributed by atoms with van der Waals surface area (Å²) in [5, 5.41) is 0. The Balaban J connectivity index is 1.96. The van der Waals surface area contributed by atoms with Gasteiger partial charge in [0.1, 0.15) is 12.4 Å². The van der Waals surface area contributed by atoms with Crippen molar-refractivity contribution in [1.29, 1.82) is 0 Å². The van der Waals surface area contributed by atoms with E-state index in [9.17, 15) is 8.42 Å². The first-order valence-corrected chi connectivity index (χ1v) is 9.46. The Morgan fingerprint density at radius 2 is 1.92 bits per heavy atom. The van der Waals surface area contributed by atoms with Gasteiger partial charge in [0.05, 0.1) is 22.8 Å². The van der Waals surface area contributed by atoms with Crippen LogP contribution < -0.4 is 14.4 Å². The van der Waals surface area contributed by atoms with E-state index in [1.54, 1.807) is 24.3 Å². The second-order valence-corrected chi connectivity index (χ2v) is 7.93. The Kier molecular flexibility index (Phi) is 4.41. The maximum Gasteiger partial charge on any atom is 0.261 e. The van der Waals surface area contributed by atoms with E-state index in [4.69, 9.17) is 4.74 Å². The Morgan fingerprint density at radius 1 is 1.17 bits per heavy atom. The van der Waals surface area contributed by atoms with Crippen LogP contribution in [0.25, 0.3) is 0 Å². The Labute approximate surface area is 143 Å². The molecule has 1 heterocycles. The molecule has 6 heteroatoms. The van der Waals surface area contributed by atoms with Gasteiger partial charge in [0.15, 0.2) is 0 Å². The van der Waals surface area contributed by atoms with Crippen LogP contribution in [0.5, 0.6) is 5.75 Å². The maximum absolute atomic E-state index is 12.8. The molecule has 5 nitrogen and oxygen atoms in total. The van der Waals surface area contributed by atoms with Crippen LogP contribution in [0.4, 0.5) is 11.4 Å². The van der Waals surface area contributed by atoms with Crippen LogP contribution in [-0.2, 0) is 10.0 Å². The van der Waals surface area contributed by atoms with Crippen LogP contribution in [0.2, 0.25) is 0 Å². The van der Waals surface area contributed by atoms with Crippen LogP contribution in [0, 0.1) is 0 Å². The summed E-state index contributed by atoms with van der Waals surface area (Å²) < 4.78 is 33.9. The Bertz CT molecular complexity index is 847. The summed E-state index contributed by atoms with van der Waals surface area (Å²) >= 11 is 0. The number of hydrogen-bond donors (Lipinski definition) is 1. The lowest BCUT2D eigenvalue weighted by atomic mass is 10.0. The zero-order chi connectivity index (χ0) is 17.3. The van der Waals surface area contributed by atoms with Crippen LogP contribution in [0.1, 0.15) is 25.3 Å². The van der Waals surface area contributed by atoms with Gasteiger partial charge in [-0.25, -0.2) is 8.42 Å². The first kappa shape index (κ1) is 16.6. The number of rotatable bonds is 4. The first-order chi connectivity index (χ1) is 11.4. The van der Waals surface area contributed by atoms with Crippen LogP contribution >= 0.6 is 0 Å². The average molecular weight is 346 g/mol. The summed E-state index contributed by atoms with van der Waals surface area (Å²) in [4.78, 5) is 2.23. The zero-order valence-corrected chi connectivity index (χ0v) is 14.9. The predicted molar refractivity (Wildman–Crippen MR) is 96.5 cm³/mol. The standard InChI is InChI=1S/C18H22N2O3S/c1-13(2)15-6-4-5-7-16(15)19-24(21,22)14-8-9-18-17(12-14)20(3)10-11-23-18/h4-9,12-13,19H,10-11H2,1-3H3. The summed E-state index contributed by atoms with van der Waals surface area (Å²) in [7, 11) is -1.73. The van der Waals surface area contributed by atoms with E-state index in [-0.39, 0.29) is 10.8 Å². The zero-order valence-electron chi connectivity index (χ0n) is 14.1. The minimum atomic E-state index is -3.66. The normalized spacial score (nSPS) is 14.2. The molecule has 0 amide bonds. The number of nitrogens with zero attached hydrogens (tertiary/aromatic N) is 1. The second kappa shape index (κ2) is 6.36. The number of para-hydroxylation sites is 1. The molecule has 0 fully saturated rings. The number of benzene rings is 2. The number of likely N-dealkylation sites (N-methyl/N-ethyl adjacent to an activating group) is 1. The quantitative estimate of drug-likeness (QED) is 0.921. The summed E-state index contributed by atoms with van der Waals surface area (Å²) in [6, 6.07) is 12.4. The molecule has 24 heavy (non-hydrogen) atoms. The van der Waals surface area contributed by atoms with Crippen LogP contribution in [0.15, 0.2) is 47.4 Å². The largest absolute Gasteiger partial charge is 0.490 e. The summed E-state index contributed by atoms with van der Waals surface area (Å²) in [6.07, 6.45) is 0. The van der Waals surface area contributed by atoms with Gasteiger partial charge in [-0.3, -0.25) is 4.72 Å². The van der Waals surface area contributed by atoms with E-state index in [0.717, 1.165) is 17.8 Å². The molecule has 2 aromatic carbocycles. The lowest BCUT2D eigenvalue weighted by Crippen LogP contribution is -2.29. The van der Waals surface area contributed by atoms with E-state index >= 15 is 0 Å². The average Bonchev–Trinajstić information content (AvgIpc) is 2.55. The van der Waals surface area contributed by atoms with Gasteiger partial charge in [0.2, 0.25) is 0 Å². The Morgan fingerprint density at radius 3 is 2.67 bits per heavy atom.